The van der Waals surface area contributed by atoms with Gasteiger partial charge in [-0.05, 0) is 25.2 Å². The average molecular weight is 188 g/mol. The maximum absolute atomic E-state index is 10.8. The standard InChI is InChI=1S/C9H16O4/c10-4-1-8(9(11)12)7-2-5-13-6-3-7/h7-8,10H,1-6H2,(H,11,12). The van der Waals surface area contributed by atoms with E-state index in [2.05, 4.69) is 0 Å². The second kappa shape index (κ2) is 5.19. The van der Waals surface area contributed by atoms with E-state index in [1.165, 1.54) is 0 Å². The van der Waals surface area contributed by atoms with E-state index in [1.807, 2.05) is 0 Å². The minimum atomic E-state index is -0.791. The fraction of sp³-hybridized carbons (Fsp3) is 0.889. The molecule has 0 aromatic rings. The van der Waals surface area contributed by atoms with Crippen molar-refractivity contribution in [2.24, 2.45) is 11.8 Å². The van der Waals surface area contributed by atoms with Crippen molar-refractivity contribution in [3.05, 3.63) is 0 Å². The molecule has 1 unspecified atom stereocenters. The van der Waals surface area contributed by atoms with Crippen molar-refractivity contribution >= 4 is 5.97 Å². The predicted octanol–water partition coefficient (Wildman–Crippen LogP) is 0.496. The zero-order valence-corrected chi connectivity index (χ0v) is 7.61. The van der Waals surface area contributed by atoms with Gasteiger partial charge < -0.3 is 14.9 Å². The number of hydrogen-bond donors (Lipinski definition) is 2. The van der Waals surface area contributed by atoms with Gasteiger partial charge in [0.15, 0.2) is 0 Å². The van der Waals surface area contributed by atoms with E-state index < -0.39 is 11.9 Å². The molecule has 4 heteroatoms. The highest BCUT2D eigenvalue weighted by molar-refractivity contribution is 5.70. The third-order valence-electron chi connectivity index (χ3n) is 2.59. The van der Waals surface area contributed by atoms with Gasteiger partial charge in [0.1, 0.15) is 0 Å². The van der Waals surface area contributed by atoms with Crippen LogP contribution in [0, 0.1) is 11.8 Å². The molecule has 1 fully saturated rings. The molecular weight excluding hydrogens is 172 g/mol. The summed E-state index contributed by atoms with van der Waals surface area (Å²) in [5.41, 5.74) is 0. The molecular formula is C9H16O4. The zero-order chi connectivity index (χ0) is 9.68. The van der Waals surface area contributed by atoms with Gasteiger partial charge in [-0.1, -0.05) is 0 Å². The number of carbonyl (C=O) groups is 1. The molecule has 0 bridgehead atoms. The first-order valence-electron chi connectivity index (χ1n) is 4.67. The van der Waals surface area contributed by atoms with Gasteiger partial charge >= 0.3 is 5.97 Å². The Morgan fingerprint density at radius 1 is 1.46 bits per heavy atom. The Kier molecular flexibility index (Phi) is 4.18. The number of carboxylic acid groups (broad SMARTS) is 1. The summed E-state index contributed by atoms with van der Waals surface area (Å²) in [4.78, 5) is 10.8. The summed E-state index contributed by atoms with van der Waals surface area (Å²) < 4.78 is 5.15. The monoisotopic (exact) mass is 188 g/mol. The van der Waals surface area contributed by atoms with Gasteiger partial charge in [0.2, 0.25) is 0 Å². The maximum atomic E-state index is 10.8. The Labute approximate surface area is 77.5 Å². The minimum Gasteiger partial charge on any atom is -0.481 e. The number of aliphatic hydroxyl groups excluding tert-OH is 1. The molecule has 0 aromatic carbocycles. The van der Waals surface area contributed by atoms with Crippen LogP contribution in [0.1, 0.15) is 19.3 Å². The Morgan fingerprint density at radius 2 is 2.08 bits per heavy atom. The second-order valence-electron chi connectivity index (χ2n) is 3.41. The fourth-order valence-corrected chi connectivity index (χ4v) is 1.82. The Balaban J connectivity index is 2.46. The minimum absolute atomic E-state index is 0.0473. The van der Waals surface area contributed by atoms with Crippen molar-refractivity contribution in [3.8, 4) is 0 Å². The third-order valence-corrected chi connectivity index (χ3v) is 2.59. The molecule has 1 saturated heterocycles. The van der Waals surface area contributed by atoms with Crippen molar-refractivity contribution in [2.45, 2.75) is 19.3 Å². The summed E-state index contributed by atoms with van der Waals surface area (Å²) in [7, 11) is 0. The van der Waals surface area contributed by atoms with Crippen LogP contribution in [0.3, 0.4) is 0 Å². The molecule has 2 N–H and O–H groups in total. The Bertz CT molecular complexity index is 163. The van der Waals surface area contributed by atoms with Crippen molar-refractivity contribution < 1.29 is 19.7 Å². The van der Waals surface area contributed by atoms with E-state index in [9.17, 15) is 4.79 Å². The van der Waals surface area contributed by atoms with E-state index in [1.54, 1.807) is 0 Å². The number of aliphatic hydroxyl groups is 1. The topological polar surface area (TPSA) is 66.8 Å². The average Bonchev–Trinajstić information content (AvgIpc) is 2.15. The first-order valence-corrected chi connectivity index (χ1v) is 4.67. The van der Waals surface area contributed by atoms with Crippen molar-refractivity contribution in [1.29, 1.82) is 0 Å². The second-order valence-corrected chi connectivity index (χ2v) is 3.41. The molecule has 13 heavy (non-hydrogen) atoms. The van der Waals surface area contributed by atoms with Crippen LogP contribution in [-0.4, -0.2) is 36.0 Å². The van der Waals surface area contributed by atoms with Crippen LogP contribution >= 0.6 is 0 Å². The molecule has 1 atom stereocenters. The molecule has 4 nitrogen and oxygen atoms in total. The van der Waals surface area contributed by atoms with E-state index in [4.69, 9.17) is 14.9 Å². The first-order chi connectivity index (χ1) is 6.25. The molecule has 76 valence electrons. The van der Waals surface area contributed by atoms with Crippen molar-refractivity contribution in [2.75, 3.05) is 19.8 Å². The van der Waals surface area contributed by atoms with E-state index in [0.717, 1.165) is 12.8 Å². The highest BCUT2D eigenvalue weighted by Gasteiger charge is 2.28. The largest absolute Gasteiger partial charge is 0.481 e. The van der Waals surface area contributed by atoms with Crippen LogP contribution in [-0.2, 0) is 9.53 Å². The van der Waals surface area contributed by atoms with Gasteiger partial charge in [-0.3, -0.25) is 4.79 Å². The summed E-state index contributed by atoms with van der Waals surface area (Å²) in [5.74, 6) is -1.01. The molecule has 0 amide bonds. The lowest BCUT2D eigenvalue weighted by Gasteiger charge is -2.27. The quantitative estimate of drug-likeness (QED) is 0.674. The van der Waals surface area contributed by atoms with Crippen LogP contribution in [0.2, 0.25) is 0 Å². The predicted molar refractivity (Wildman–Crippen MR) is 46.4 cm³/mol. The Hall–Kier alpha value is -0.610. The molecule has 0 spiro atoms. The SMILES string of the molecule is O=C(O)C(CCO)C1CCOCC1. The van der Waals surface area contributed by atoms with Crippen LogP contribution in [0.4, 0.5) is 0 Å². The smallest absolute Gasteiger partial charge is 0.306 e. The van der Waals surface area contributed by atoms with Gasteiger partial charge in [0.05, 0.1) is 5.92 Å². The van der Waals surface area contributed by atoms with Crippen LogP contribution in [0.25, 0.3) is 0 Å². The molecule has 0 radical (unpaired) electrons. The normalized spacial score (nSPS) is 21.3. The number of hydrogen-bond acceptors (Lipinski definition) is 3. The molecule has 0 saturated carbocycles. The molecule has 0 aliphatic carbocycles. The van der Waals surface area contributed by atoms with E-state index in [0.29, 0.717) is 19.6 Å². The maximum Gasteiger partial charge on any atom is 0.306 e. The van der Waals surface area contributed by atoms with Gasteiger partial charge in [-0.2, -0.15) is 0 Å². The summed E-state index contributed by atoms with van der Waals surface area (Å²) in [6, 6.07) is 0. The number of carboxylic acids is 1. The summed E-state index contributed by atoms with van der Waals surface area (Å²) in [6.07, 6.45) is 1.97. The van der Waals surface area contributed by atoms with Gasteiger partial charge in [0, 0.05) is 19.8 Å². The van der Waals surface area contributed by atoms with E-state index in [-0.39, 0.29) is 12.5 Å². The number of rotatable bonds is 4. The van der Waals surface area contributed by atoms with Crippen molar-refractivity contribution in [3.63, 3.8) is 0 Å². The zero-order valence-electron chi connectivity index (χ0n) is 7.61. The summed E-state index contributed by atoms with van der Waals surface area (Å²) >= 11 is 0. The molecule has 1 rings (SSSR count). The third kappa shape index (κ3) is 2.97. The van der Waals surface area contributed by atoms with E-state index >= 15 is 0 Å². The molecule has 1 heterocycles. The lowest BCUT2D eigenvalue weighted by Crippen LogP contribution is -2.29. The molecule has 1 aliphatic heterocycles. The van der Waals surface area contributed by atoms with Crippen LogP contribution < -0.4 is 0 Å². The molecule has 1 aliphatic rings. The van der Waals surface area contributed by atoms with Gasteiger partial charge in [-0.15, -0.1) is 0 Å². The lowest BCUT2D eigenvalue weighted by atomic mass is 9.84. The highest BCUT2D eigenvalue weighted by Crippen LogP contribution is 2.26. The van der Waals surface area contributed by atoms with Gasteiger partial charge in [0.25, 0.3) is 0 Å². The van der Waals surface area contributed by atoms with Crippen LogP contribution in [0.5, 0.6) is 0 Å². The van der Waals surface area contributed by atoms with Gasteiger partial charge in [-0.25, -0.2) is 0 Å². The lowest BCUT2D eigenvalue weighted by molar-refractivity contribution is -0.145. The van der Waals surface area contributed by atoms with Crippen molar-refractivity contribution in [1.82, 2.24) is 0 Å². The number of ether oxygens (including phenoxy) is 1. The Morgan fingerprint density at radius 3 is 2.54 bits per heavy atom. The van der Waals surface area contributed by atoms with Crippen LogP contribution in [0.15, 0.2) is 0 Å². The summed E-state index contributed by atoms with van der Waals surface area (Å²) in [5, 5.41) is 17.6. The first kappa shape index (κ1) is 10.5. The fourth-order valence-electron chi connectivity index (χ4n) is 1.82. The summed E-state index contributed by atoms with van der Waals surface area (Å²) in [6.45, 7) is 1.26. The highest BCUT2D eigenvalue weighted by atomic mass is 16.5. The molecule has 0 aromatic heterocycles. The number of aliphatic carboxylic acids is 1.